The summed E-state index contributed by atoms with van der Waals surface area (Å²) in [5.41, 5.74) is 0. The number of fused-ring (bicyclic) bond motifs is 1. The molecule has 2 bridgehead atoms. The van der Waals surface area contributed by atoms with E-state index in [0.29, 0.717) is 19.6 Å². The third-order valence-corrected chi connectivity index (χ3v) is 9.33. The lowest BCUT2D eigenvalue weighted by atomic mass is 9.70. The van der Waals surface area contributed by atoms with Crippen LogP contribution >= 0.6 is 11.8 Å². The van der Waals surface area contributed by atoms with Crippen molar-refractivity contribution in [3.05, 3.63) is 25.3 Å². The molecule has 3 rings (SSSR count). The van der Waals surface area contributed by atoms with E-state index < -0.39 is 28.7 Å². The number of amides is 3. The fourth-order valence-electron chi connectivity index (χ4n) is 5.99. The van der Waals surface area contributed by atoms with Gasteiger partial charge in [0.1, 0.15) is 6.04 Å². The number of carbonyl (C=O) groups excluding carboxylic acids is 3. The van der Waals surface area contributed by atoms with Gasteiger partial charge in [0, 0.05) is 30.9 Å². The Morgan fingerprint density at radius 3 is 2.45 bits per heavy atom. The highest BCUT2D eigenvalue weighted by atomic mass is 32.2. The van der Waals surface area contributed by atoms with Crippen molar-refractivity contribution >= 4 is 29.5 Å². The fraction of sp³-hybridized carbons (Fsp3) is 0.720. The first kappa shape index (κ1) is 25.8. The van der Waals surface area contributed by atoms with Crippen LogP contribution in [0.15, 0.2) is 25.3 Å². The maximum Gasteiger partial charge on any atom is 0.247 e. The van der Waals surface area contributed by atoms with Gasteiger partial charge >= 0.3 is 0 Å². The molecule has 33 heavy (non-hydrogen) atoms. The molecule has 2 unspecified atom stereocenters. The zero-order valence-corrected chi connectivity index (χ0v) is 21.2. The summed E-state index contributed by atoms with van der Waals surface area (Å²) in [6, 6.07) is -1.24. The van der Waals surface area contributed by atoms with Crippen molar-refractivity contribution in [3.8, 4) is 0 Å². The third-order valence-electron chi connectivity index (χ3n) is 7.38. The number of likely N-dealkylation sites (tertiary alicyclic amines) is 1. The number of nitrogens with zero attached hydrogens (tertiary/aromatic N) is 3. The second-order valence-electron chi connectivity index (χ2n) is 9.78. The molecule has 8 heteroatoms. The number of thioether (sulfide) groups is 1. The van der Waals surface area contributed by atoms with Crippen LogP contribution in [0.3, 0.4) is 0 Å². The van der Waals surface area contributed by atoms with Gasteiger partial charge in [-0.3, -0.25) is 14.4 Å². The van der Waals surface area contributed by atoms with Crippen LogP contribution in [0.5, 0.6) is 0 Å². The van der Waals surface area contributed by atoms with E-state index in [2.05, 4.69) is 13.2 Å². The van der Waals surface area contributed by atoms with Gasteiger partial charge in [0.2, 0.25) is 17.7 Å². The van der Waals surface area contributed by atoms with E-state index >= 15 is 0 Å². The van der Waals surface area contributed by atoms with Crippen LogP contribution in [0, 0.1) is 11.8 Å². The average Bonchev–Trinajstić information content (AvgIpc) is 3.43. The lowest BCUT2D eigenvalue weighted by Gasteiger charge is -2.40. The molecule has 3 heterocycles. The zero-order chi connectivity index (χ0) is 24.5. The number of hydrogen-bond acceptors (Lipinski definition) is 5. The number of carbonyl (C=O) groups is 3. The molecule has 3 aliphatic heterocycles. The molecule has 0 aliphatic carbocycles. The van der Waals surface area contributed by atoms with E-state index in [9.17, 15) is 19.5 Å². The number of rotatable bonds is 11. The smallest absolute Gasteiger partial charge is 0.247 e. The summed E-state index contributed by atoms with van der Waals surface area (Å²) in [5, 5.41) is 10.0. The van der Waals surface area contributed by atoms with Crippen LogP contribution < -0.4 is 0 Å². The maximum atomic E-state index is 14.0. The zero-order valence-electron chi connectivity index (χ0n) is 20.4. The molecule has 6 atom stereocenters. The highest BCUT2D eigenvalue weighted by Crippen LogP contribution is 2.67. The molecular formula is C25H39N3O4S. The van der Waals surface area contributed by atoms with Crippen molar-refractivity contribution in [2.75, 3.05) is 26.2 Å². The van der Waals surface area contributed by atoms with Gasteiger partial charge in [-0.15, -0.1) is 24.9 Å². The van der Waals surface area contributed by atoms with Crippen LogP contribution in [-0.4, -0.2) is 91.9 Å². The van der Waals surface area contributed by atoms with E-state index in [0.717, 1.165) is 19.3 Å². The summed E-state index contributed by atoms with van der Waals surface area (Å²) in [6.45, 7) is 16.5. The number of hydrogen-bond donors (Lipinski definition) is 1. The summed E-state index contributed by atoms with van der Waals surface area (Å²) in [7, 11) is 0. The Labute approximate surface area is 202 Å². The van der Waals surface area contributed by atoms with Gasteiger partial charge < -0.3 is 19.8 Å². The van der Waals surface area contributed by atoms with Crippen molar-refractivity contribution in [1.82, 2.24) is 14.7 Å². The molecule has 0 aromatic heterocycles. The Hall–Kier alpha value is -1.80. The molecule has 0 saturated carbocycles. The fourth-order valence-corrected chi connectivity index (χ4v) is 8.19. The van der Waals surface area contributed by atoms with E-state index in [1.165, 1.54) is 0 Å². The van der Waals surface area contributed by atoms with Crippen LogP contribution in [-0.2, 0) is 14.4 Å². The molecule has 0 radical (unpaired) electrons. The Bertz CT molecular complexity index is 803. The second kappa shape index (κ2) is 10.2. The van der Waals surface area contributed by atoms with E-state index in [-0.39, 0.29) is 35.6 Å². The highest BCUT2D eigenvalue weighted by molar-refractivity contribution is 8.02. The Morgan fingerprint density at radius 2 is 1.91 bits per heavy atom. The van der Waals surface area contributed by atoms with Gasteiger partial charge in [0.05, 0.1) is 29.2 Å². The number of aliphatic hydroxyl groups is 1. The average molecular weight is 478 g/mol. The molecule has 1 N–H and O–H groups in total. The first-order valence-electron chi connectivity index (χ1n) is 12.1. The third kappa shape index (κ3) is 4.14. The van der Waals surface area contributed by atoms with Crippen LogP contribution in [0.1, 0.15) is 47.0 Å². The quantitative estimate of drug-likeness (QED) is 0.462. The molecule has 3 amide bonds. The van der Waals surface area contributed by atoms with Crippen LogP contribution in [0.2, 0.25) is 0 Å². The van der Waals surface area contributed by atoms with Crippen LogP contribution in [0.4, 0.5) is 0 Å². The first-order valence-corrected chi connectivity index (χ1v) is 13.0. The molecule has 0 aromatic rings. The summed E-state index contributed by atoms with van der Waals surface area (Å²) in [5.74, 6) is -1.27. The van der Waals surface area contributed by atoms with E-state index in [1.54, 1.807) is 45.5 Å². The predicted molar refractivity (Wildman–Crippen MR) is 132 cm³/mol. The normalized spacial score (nSPS) is 31.0. The van der Waals surface area contributed by atoms with Gasteiger partial charge in [-0.2, -0.15) is 0 Å². The summed E-state index contributed by atoms with van der Waals surface area (Å²) >= 11 is 1.67. The maximum absolute atomic E-state index is 14.0. The molecule has 3 aliphatic rings. The molecule has 184 valence electrons. The Kier molecular flexibility index (Phi) is 7.99. The minimum atomic E-state index is -0.689. The van der Waals surface area contributed by atoms with Crippen molar-refractivity contribution in [3.63, 3.8) is 0 Å². The summed E-state index contributed by atoms with van der Waals surface area (Å²) < 4.78 is -0.636. The monoisotopic (exact) mass is 477 g/mol. The standard InChI is InChI=1S/C25H39N3O4S/c1-7-12-26(13-8-2)22(30)19-18-10-11-25(33-18)20(19)23(31)28(17(6)15-29)21(25)24(32)27(14-9-3)16(4)5/h7,9,16-21,29H,1,3,8,10-15H2,2,4-6H3/t17-,18+,19-,20+,21?,25?/m1/s1. The van der Waals surface area contributed by atoms with Gasteiger partial charge in [-0.25, -0.2) is 0 Å². The van der Waals surface area contributed by atoms with Crippen molar-refractivity contribution in [2.24, 2.45) is 11.8 Å². The number of aliphatic hydroxyl groups excluding tert-OH is 1. The lowest BCUT2D eigenvalue weighted by Crippen LogP contribution is -2.58. The first-order chi connectivity index (χ1) is 15.7. The van der Waals surface area contributed by atoms with E-state index in [4.69, 9.17) is 0 Å². The lowest BCUT2D eigenvalue weighted by molar-refractivity contribution is -0.147. The SMILES string of the molecule is C=CCN(CCC)C(=O)[C@@H]1[C@@H]2CCC3(S2)C(C(=O)N(CC=C)C(C)C)N([C@H](C)CO)C(=O)[C@H]13. The Morgan fingerprint density at radius 1 is 1.24 bits per heavy atom. The van der Waals surface area contributed by atoms with Crippen molar-refractivity contribution < 1.29 is 19.5 Å². The molecule has 1 spiro atoms. The van der Waals surface area contributed by atoms with Crippen molar-refractivity contribution in [2.45, 2.75) is 75.1 Å². The van der Waals surface area contributed by atoms with Gasteiger partial charge in [0.25, 0.3) is 0 Å². The molecule has 0 aromatic carbocycles. The largest absolute Gasteiger partial charge is 0.394 e. The van der Waals surface area contributed by atoms with Gasteiger partial charge in [-0.05, 0) is 40.0 Å². The van der Waals surface area contributed by atoms with Gasteiger partial charge in [-0.1, -0.05) is 19.1 Å². The highest BCUT2D eigenvalue weighted by Gasteiger charge is 2.74. The predicted octanol–water partition coefficient (Wildman–Crippen LogP) is 2.31. The molecule has 7 nitrogen and oxygen atoms in total. The van der Waals surface area contributed by atoms with Gasteiger partial charge in [0.15, 0.2) is 0 Å². The summed E-state index contributed by atoms with van der Waals surface area (Å²) in [4.78, 5) is 46.7. The molecular weight excluding hydrogens is 438 g/mol. The van der Waals surface area contributed by atoms with Crippen LogP contribution in [0.25, 0.3) is 0 Å². The van der Waals surface area contributed by atoms with Crippen molar-refractivity contribution in [1.29, 1.82) is 0 Å². The molecule has 3 fully saturated rings. The topological polar surface area (TPSA) is 81.2 Å². The van der Waals surface area contributed by atoms with E-state index in [1.807, 2.05) is 20.8 Å². The second-order valence-corrected chi connectivity index (χ2v) is 11.4. The Balaban J connectivity index is 2.06. The summed E-state index contributed by atoms with van der Waals surface area (Å²) in [6.07, 6.45) is 5.79. The minimum Gasteiger partial charge on any atom is -0.394 e. The molecule has 3 saturated heterocycles. The minimum absolute atomic E-state index is 0.00863.